The summed E-state index contributed by atoms with van der Waals surface area (Å²) in [7, 11) is 0. The number of carbonyl (C=O) groups is 2. The second-order valence-electron chi connectivity index (χ2n) is 5.99. The van der Waals surface area contributed by atoms with Gasteiger partial charge in [0.15, 0.2) is 6.10 Å². The fourth-order valence-corrected chi connectivity index (χ4v) is 2.36. The van der Waals surface area contributed by atoms with Gasteiger partial charge in [0.05, 0.1) is 11.1 Å². The van der Waals surface area contributed by atoms with Crippen molar-refractivity contribution in [2.45, 2.75) is 33.1 Å². The number of alkyl halides is 3. The van der Waals surface area contributed by atoms with Crippen LogP contribution in [-0.4, -0.2) is 18.0 Å². The Bertz CT molecular complexity index is 794. The molecule has 0 heterocycles. The van der Waals surface area contributed by atoms with E-state index in [1.807, 2.05) is 19.9 Å². The molecule has 0 fully saturated rings. The Morgan fingerprint density at radius 1 is 1.00 bits per heavy atom. The molecule has 1 amide bonds. The van der Waals surface area contributed by atoms with Gasteiger partial charge >= 0.3 is 12.1 Å². The number of carbonyl (C=O) groups excluding carboxylic acids is 2. The van der Waals surface area contributed by atoms with Gasteiger partial charge in [-0.15, -0.1) is 0 Å². The molecule has 0 saturated heterocycles. The van der Waals surface area contributed by atoms with Gasteiger partial charge in [0.2, 0.25) is 0 Å². The van der Waals surface area contributed by atoms with E-state index in [0.29, 0.717) is 5.56 Å². The molecule has 0 bridgehead atoms. The highest BCUT2D eigenvalue weighted by Crippen LogP contribution is 2.29. The summed E-state index contributed by atoms with van der Waals surface area (Å²) in [6, 6.07) is 9.20. The summed E-state index contributed by atoms with van der Waals surface area (Å²) in [5.74, 6) is -1.28. The van der Waals surface area contributed by atoms with E-state index in [4.69, 9.17) is 4.74 Å². The molecule has 4 nitrogen and oxygen atoms in total. The third-order valence-corrected chi connectivity index (χ3v) is 3.59. The maximum absolute atomic E-state index is 12.5. The third kappa shape index (κ3) is 5.08. The first kappa shape index (κ1) is 19.5. The van der Waals surface area contributed by atoms with E-state index in [0.717, 1.165) is 35.4 Å². The molecular formula is C19H18F3NO3. The van der Waals surface area contributed by atoms with Gasteiger partial charge in [-0.2, -0.15) is 13.2 Å². The maximum atomic E-state index is 12.5. The molecular weight excluding hydrogens is 347 g/mol. The second-order valence-corrected chi connectivity index (χ2v) is 5.99. The van der Waals surface area contributed by atoms with E-state index in [9.17, 15) is 22.8 Å². The first-order valence-corrected chi connectivity index (χ1v) is 7.83. The molecule has 0 aliphatic rings. The Kier molecular flexibility index (Phi) is 5.69. The summed E-state index contributed by atoms with van der Waals surface area (Å²) in [5.41, 5.74) is 1.47. The van der Waals surface area contributed by atoms with Crippen LogP contribution in [0.4, 0.5) is 18.9 Å². The van der Waals surface area contributed by atoms with Crippen LogP contribution in [0.2, 0.25) is 0 Å². The highest BCUT2D eigenvalue weighted by atomic mass is 19.4. The fourth-order valence-electron chi connectivity index (χ4n) is 2.36. The summed E-state index contributed by atoms with van der Waals surface area (Å²) in [5, 5.41) is 2.42. The van der Waals surface area contributed by atoms with Gasteiger partial charge in [-0.1, -0.05) is 17.2 Å². The molecule has 2 aromatic rings. The van der Waals surface area contributed by atoms with Crippen molar-refractivity contribution in [3.63, 3.8) is 0 Å². The number of nitrogens with one attached hydrogen (secondary N) is 1. The monoisotopic (exact) mass is 365 g/mol. The molecule has 0 aliphatic heterocycles. The zero-order valence-electron chi connectivity index (χ0n) is 14.5. The lowest BCUT2D eigenvalue weighted by atomic mass is 10.1. The van der Waals surface area contributed by atoms with Crippen LogP contribution in [-0.2, 0) is 15.7 Å². The fraction of sp³-hybridized carbons (Fsp3) is 0.263. The third-order valence-electron chi connectivity index (χ3n) is 3.59. The number of hydrogen-bond donors (Lipinski definition) is 1. The van der Waals surface area contributed by atoms with E-state index in [2.05, 4.69) is 5.32 Å². The Morgan fingerprint density at radius 2 is 1.54 bits per heavy atom. The number of esters is 1. The van der Waals surface area contributed by atoms with Crippen molar-refractivity contribution in [3.8, 4) is 0 Å². The van der Waals surface area contributed by atoms with Gasteiger partial charge in [-0.05, 0) is 57.2 Å². The van der Waals surface area contributed by atoms with Crippen molar-refractivity contribution in [1.82, 2.24) is 0 Å². The topological polar surface area (TPSA) is 55.4 Å². The molecule has 1 N–H and O–H groups in total. The molecule has 1 atom stereocenters. The summed E-state index contributed by atoms with van der Waals surface area (Å²) >= 11 is 0. The van der Waals surface area contributed by atoms with Crippen molar-refractivity contribution >= 4 is 17.6 Å². The van der Waals surface area contributed by atoms with Crippen LogP contribution in [0.5, 0.6) is 0 Å². The number of aryl methyl sites for hydroxylation is 2. The number of benzene rings is 2. The first-order chi connectivity index (χ1) is 12.1. The molecule has 0 unspecified atom stereocenters. The zero-order valence-corrected chi connectivity index (χ0v) is 14.5. The van der Waals surface area contributed by atoms with Crippen LogP contribution in [0.15, 0.2) is 42.5 Å². The average molecular weight is 365 g/mol. The number of amides is 1. The Labute approximate surface area is 149 Å². The van der Waals surface area contributed by atoms with Gasteiger partial charge in [0.25, 0.3) is 5.91 Å². The first-order valence-electron chi connectivity index (χ1n) is 7.83. The molecule has 2 aromatic carbocycles. The van der Waals surface area contributed by atoms with Gasteiger partial charge in [0, 0.05) is 5.69 Å². The van der Waals surface area contributed by atoms with Crippen molar-refractivity contribution in [3.05, 3.63) is 64.7 Å². The normalized spacial score (nSPS) is 12.4. The minimum Gasteiger partial charge on any atom is -0.449 e. The largest absolute Gasteiger partial charge is 0.449 e. The van der Waals surface area contributed by atoms with Crippen LogP contribution in [0.25, 0.3) is 0 Å². The average Bonchev–Trinajstić information content (AvgIpc) is 2.53. The standard InChI is InChI=1S/C19H18F3NO3/c1-11-8-12(2)10-14(9-11)18(25)26-13(3)17(24)23-16-6-4-15(5-7-16)19(20,21)22/h4-10,13H,1-3H3,(H,23,24)/t13-/m0/s1. The number of halogens is 3. The van der Waals surface area contributed by atoms with Gasteiger partial charge < -0.3 is 10.1 Å². The quantitative estimate of drug-likeness (QED) is 0.812. The van der Waals surface area contributed by atoms with Crippen molar-refractivity contribution in [2.75, 3.05) is 5.32 Å². The molecule has 7 heteroatoms. The van der Waals surface area contributed by atoms with Crippen LogP contribution < -0.4 is 5.32 Å². The lowest BCUT2D eigenvalue weighted by Crippen LogP contribution is -2.30. The van der Waals surface area contributed by atoms with Crippen LogP contribution in [0, 0.1) is 13.8 Å². The lowest BCUT2D eigenvalue weighted by Gasteiger charge is -2.14. The highest BCUT2D eigenvalue weighted by molar-refractivity contribution is 5.97. The molecule has 0 aliphatic carbocycles. The number of anilines is 1. The predicted octanol–water partition coefficient (Wildman–Crippen LogP) is 4.51. The van der Waals surface area contributed by atoms with Crippen molar-refractivity contribution in [2.24, 2.45) is 0 Å². The number of rotatable bonds is 4. The molecule has 0 saturated carbocycles. The van der Waals surface area contributed by atoms with Gasteiger partial charge in [0.1, 0.15) is 0 Å². The molecule has 26 heavy (non-hydrogen) atoms. The zero-order chi connectivity index (χ0) is 19.5. The minimum absolute atomic E-state index is 0.178. The summed E-state index contributed by atoms with van der Waals surface area (Å²) in [6.45, 7) is 5.06. The number of ether oxygens (including phenoxy) is 1. The van der Waals surface area contributed by atoms with E-state index in [-0.39, 0.29) is 5.69 Å². The van der Waals surface area contributed by atoms with Crippen molar-refractivity contribution < 1.29 is 27.5 Å². The van der Waals surface area contributed by atoms with E-state index < -0.39 is 29.7 Å². The summed E-state index contributed by atoms with van der Waals surface area (Å²) in [4.78, 5) is 24.2. The summed E-state index contributed by atoms with van der Waals surface area (Å²) < 4.78 is 42.7. The van der Waals surface area contributed by atoms with Crippen molar-refractivity contribution in [1.29, 1.82) is 0 Å². The predicted molar refractivity (Wildman–Crippen MR) is 90.9 cm³/mol. The van der Waals surface area contributed by atoms with E-state index in [1.54, 1.807) is 12.1 Å². The molecule has 0 radical (unpaired) electrons. The minimum atomic E-state index is -4.45. The smallest absolute Gasteiger partial charge is 0.416 e. The van der Waals surface area contributed by atoms with E-state index in [1.165, 1.54) is 6.92 Å². The maximum Gasteiger partial charge on any atom is 0.416 e. The molecule has 138 valence electrons. The molecule has 0 aromatic heterocycles. The Balaban J connectivity index is 2.00. The molecule has 0 spiro atoms. The summed E-state index contributed by atoms with van der Waals surface area (Å²) in [6.07, 6.45) is -5.55. The number of hydrogen-bond acceptors (Lipinski definition) is 3. The van der Waals surface area contributed by atoms with Crippen LogP contribution >= 0.6 is 0 Å². The Hall–Kier alpha value is -2.83. The van der Waals surface area contributed by atoms with Crippen LogP contribution in [0.1, 0.15) is 34.0 Å². The van der Waals surface area contributed by atoms with E-state index >= 15 is 0 Å². The lowest BCUT2D eigenvalue weighted by molar-refractivity contribution is -0.137. The SMILES string of the molecule is Cc1cc(C)cc(C(=O)O[C@@H](C)C(=O)Nc2ccc(C(F)(F)F)cc2)c1. The second kappa shape index (κ2) is 7.59. The van der Waals surface area contributed by atoms with Gasteiger partial charge in [-0.25, -0.2) is 4.79 Å². The Morgan fingerprint density at radius 3 is 2.04 bits per heavy atom. The highest BCUT2D eigenvalue weighted by Gasteiger charge is 2.30. The van der Waals surface area contributed by atoms with Crippen LogP contribution in [0.3, 0.4) is 0 Å². The molecule has 2 rings (SSSR count). The van der Waals surface area contributed by atoms with Gasteiger partial charge in [-0.3, -0.25) is 4.79 Å².